The van der Waals surface area contributed by atoms with Gasteiger partial charge in [-0.3, -0.25) is 0 Å². The van der Waals surface area contributed by atoms with Gasteiger partial charge in [-0.15, -0.1) is 0 Å². The molecule has 2 N–H and O–H groups in total. The molecule has 2 aromatic rings. The number of aromatic nitrogens is 1. The maximum absolute atomic E-state index is 5.50. The van der Waals surface area contributed by atoms with E-state index in [1.807, 2.05) is 37.4 Å². The largest absolute Gasteiger partial charge is 0.465 e. The lowest BCUT2D eigenvalue weighted by Gasteiger charge is -2.27. The van der Waals surface area contributed by atoms with E-state index in [4.69, 9.17) is 16.6 Å². The van der Waals surface area contributed by atoms with Crippen LogP contribution in [0.5, 0.6) is 0 Å². The summed E-state index contributed by atoms with van der Waals surface area (Å²) in [4.78, 5) is 6.87. The van der Waals surface area contributed by atoms with E-state index in [9.17, 15) is 0 Å². The molecule has 3 rings (SSSR count). The number of anilines is 2. The normalized spacial score (nSPS) is 14.6. The summed E-state index contributed by atoms with van der Waals surface area (Å²) in [5.74, 6) is 2.81. The Hall–Kier alpha value is -2.08. The fraction of sp³-hybridized carbons (Fsp3) is 0.412. The van der Waals surface area contributed by atoms with Crippen LogP contribution >= 0.6 is 12.2 Å². The topological polar surface area (TPSA) is 53.3 Å². The van der Waals surface area contributed by atoms with Gasteiger partial charge in [0.25, 0.3) is 0 Å². The van der Waals surface area contributed by atoms with Crippen LogP contribution in [0, 0.1) is 6.92 Å². The van der Waals surface area contributed by atoms with Crippen LogP contribution in [0.1, 0.15) is 30.8 Å². The second-order valence-corrected chi connectivity index (χ2v) is 6.18. The molecule has 2 aromatic heterocycles. The molecule has 0 spiro atoms. The first kappa shape index (κ1) is 15.8. The zero-order valence-corrected chi connectivity index (χ0v) is 14.2. The highest BCUT2D eigenvalue weighted by molar-refractivity contribution is 7.80. The Kier molecular flexibility index (Phi) is 5.12. The number of piperidine rings is 1. The first-order valence-electron chi connectivity index (χ1n) is 8.02. The molecule has 122 valence electrons. The Morgan fingerprint density at radius 1 is 1.22 bits per heavy atom. The van der Waals surface area contributed by atoms with Gasteiger partial charge in [-0.2, -0.15) is 0 Å². The maximum Gasteiger partial charge on any atom is 0.171 e. The molecular weight excluding hydrogens is 308 g/mol. The second-order valence-electron chi connectivity index (χ2n) is 5.77. The van der Waals surface area contributed by atoms with Crippen LogP contribution in [-0.4, -0.2) is 23.2 Å². The number of pyridine rings is 1. The van der Waals surface area contributed by atoms with Crippen LogP contribution < -0.4 is 15.5 Å². The molecule has 0 aromatic carbocycles. The molecule has 0 saturated carbocycles. The average Bonchev–Trinajstić information content (AvgIpc) is 3.00. The first-order chi connectivity index (χ1) is 11.2. The standard InChI is InChI=1S/C17H22N4OS/c1-13-5-7-15(22-13)12-19-17(23)20-14-6-8-16(18-11-14)21-9-3-2-4-10-21/h5-8,11H,2-4,9-10,12H2,1H3,(H2,19,20,23). The van der Waals surface area contributed by atoms with Gasteiger partial charge in [0, 0.05) is 13.1 Å². The number of hydrogen-bond acceptors (Lipinski definition) is 4. The third kappa shape index (κ3) is 4.45. The molecule has 0 unspecified atom stereocenters. The van der Waals surface area contributed by atoms with Gasteiger partial charge in [-0.25, -0.2) is 4.98 Å². The molecule has 1 saturated heterocycles. The third-order valence-electron chi connectivity index (χ3n) is 3.90. The minimum atomic E-state index is 0.562. The molecule has 0 bridgehead atoms. The number of hydrogen-bond donors (Lipinski definition) is 2. The molecule has 1 aliphatic heterocycles. The SMILES string of the molecule is Cc1ccc(CNC(=S)Nc2ccc(N3CCCCC3)nc2)o1. The van der Waals surface area contributed by atoms with E-state index in [1.165, 1.54) is 19.3 Å². The summed E-state index contributed by atoms with van der Waals surface area (Å²) < 4.78 is 5.50. The van der Waals surface area contributed by atoms with E-state index in [2.05, 4.69) is 20.5 Å². The molecule has 0 radical (unpaired) electrons. The van der Waals surface area contributed by atoms with Crippen molar-refractivity contribution < 1.29 is 4.42 Å². The van der Waals surface area contributed by atoms with Gasteiger partial charge in [0.15, 0.2) is 5.11 Å². The molecule has 1 fully saturated rings. The quantitative estimate of drug-likeness (QED) is 0.838. The van der Waals surface area contributed by atoms with Crippen molar-refractivity contribution in [2.75, 3.05) is 23.3 Å². The number of nitrogens with zero attached hydrogens (tertiary/aromatic N) is 2. The average molecular weight is 330 g/mol. The predicted molar refractivity (Wildman–Crippen MR) is 96.8 cm³/mol. The number of aryl methyl sites for hydroxylation is 1. The minimum Gasteiger partial charge on any atom is -0.465 e. The summed E-state index contributed by atoms with van der Waals surface area (Å²) in [7, 11) is 0. The smallest absolute Gasteiger partial charge is 0.171 e. The first-order valence-corrected chi connectivity index (χ1v) is 8.43. The van der Waals surface area contributed by atoms with Gasteiger partial charge in [0.05, 0.1) is 18.4 Å². The summed E-state index contributed by atoms with van der Waals surface area (Å²) in [6, 6.07) is 7.95. The number of thiocarbonyl (C=S) groups is 1. The number of furan rings is 1. The molecule has 0 aliphatic carbocycles. The highest BCUT2D eigenvalue weighted by Crippen LogP contribution is 2.18. The van der Waals surface area contributed by atoms with Crippen molar-refractivity contribution >= 4 is 28.8 Å². The van der Waals surface area contributed by atoms with Crippen LogP contribution in [0.3, 0.4) is 0 Å². The van der Waals surface area contributed by atoms with E-state index in [0.29, 0.717) is 11.7 Å². The van der Waals surface area contributed by atoms with E-state index in [-0.39, 0.29) is 0 Å². The molecule has 5 nitrogen and oxygen atoms in total. The molecule has 6 heteroatoms. The van der Waals surface area contributed by atoms with Crippen molar-refractivity contribution in [1.29, 1.82) is 0 Å². The van der Waals surface area contributed by atoms with Gasteiger partial charge in [-0.05, 0) is 62.7 Å². The van der Waals surface area contributed by atoms with Gasteiger partial charge in [-0.1, -0.05) is 0 Å². The number of rotatable bonds is 4. The number of nitrogens with one attached hydrogen (secondary N) is 2. The Bertz CT molecular complexity index is 647. The van der Waals surface area contributed by atoms with E-state index >= 15 is 0 Å². The third-order valence-corrected chi connectivity index (χ3v) is 4.15. The summed E-state index contributed by atoms with van der Waals surface area (Å²) >= 11 is 5.30. The second kappa shape index (κ2) is 7.46. The van der Waals surface area contributed by atoms with Crippen molar-refractivity contribution in [1.82, 2.24) is 10.3 Å². The van der Waals surface area contributed by atoms with Crippen molar-refractivity contribution in [3.8, 4) is 0 Å². The molecule has 23 heavy (non-hydrogen) atoms. The summed E-state index contributed by atoms with van der Waals surface area (Å²) in [5, 5.41) is 6.84. The van der Waals surface area contributed by atoms with Crippen LogP contribution in [-0.2, 0) is 6.54 Å². The van der Waals surface area contributed by atoms with Crippen LogP contribution in [0.4, 0.5) is 11.5 Å². The lowest BCUT2D eigenvalue weighted by Crippen LogP contribution is -2.30. The van der Waals surface area contributed by atoms with Crippen LogP contribution in [0.25, 0.3) is 0 Å². The lowest BCUT2D eigenvalue weighted by atomic mass is 10.1. The monoisotopic (exact) mass is 330 g/mol. The zero-order chi connectivity index (χ0) is 16.1. The predicted octanol–water partition coefficient (Wildman–Crippen LogP) is 3.46. The van der Waals surface area contributed by atoms with Gasteiger partial charge in [0.1, 0.15) is 17.3 Å². The lowest BCUT2D eigenvalue weighted by molar-refractivity contribution is 0.478. The molecule has 0 atom stereocenters. The summed E-state index contributed by atoms with van der Waals surface area (Å²) in [6.07, 6.45) is 5.66. The zero-order valence-electron chi connectivity index (χ0n) is 13.3. The minimum absolute atomic E-state index is 0.562. The Balaban J connectivity index is 1.50. The Morgan fingerprint density at radius 3 is 2.70 bits per heavy atom. The summed E-state index contributed by atoms with van der Waals surface area (Å²) in [5.41, 5.74) is 0.888. The van der Waals surface area contributed by atoms with Crippen LogP contribution in [0.15, 0.2) is 34.9 Å². The molecule has 1 aliphatic rings. The Labute approximate surface area is 142 Å². The van der Waals surface area contributed by atoms with Gasteiger partial charge >= 0.3 is 0 Å². The van der Waals surface area contributed by atoms with Crippen molar-refractivity contribution in [3.63, 3.8) is 0 Å². The highest BCUT2D eigenvalue weighted by Gasteiger charge is 2.11. The van der Waals surface area contributed by atoms with E-state index in [0.717, 1.165) is 36.1 Å². The van der Waals surface area contributed by atoms with Crippen LogP contribution in [0.2, 0.25) is 0 Å². The highest BCUT2D eigenvalue weighted by atomic mass is 32.1. The summed E-state index contributed by atoms with van der Waals surface area (Å²) in [6.45, 7) is 4.69. The molecular formula is C17H22N4OS. The molecule has 3 heterocycles. The molecule has 0 amide bonds. The van der Waals surface area contributed by atoms with Crippen molar-refractivity contribution in [2.24, 2.45) is 0 Å². The van der Waals surface area contributed by atoms with Crippen molar-refractivity contribution in [3.05, 3.63) is 42.0 Å². The van der Waals surface area contributed by atoms with Crippen molar-refractivity contribution in [2.45, 2.75) is 32.7 Å². The van der Waals surface area contributed by atoms with Gasteiger partial charge < -0.3 is 20.0 Å². The fourth-order valence-electron chi connectivity index (χ4n) is 2.69. The Morgan fingerprint density at radius 2 is 2.04 bits per heavy atom. The van der Waals surface area contributed by atoms with E-state index in [1.54, 1.807) is 0 Å². The maximum atomic E-state index is 5.50. The van der Waals surface area contributed by atoms with E-state index < -0.39 is 0 Å². The fourth-order valence-corrected chi connectivity index (χ4v) is 2.88. The van der Waals surface area contributed by atoms with Gasteiger partial charge in [0.2, 0.25) is 0 Å².